The lowest BCUT2D eigenvalue weighted by molar-refractivity contribution is 0.305. The average molecular weight is 279 g/mol. The molecule has 104 valence electrons. The number of benzene rings is 1. The van der Waals surface area contributed by atoms with Gasteiger partial charge in [-0.3, -0.25) is 4.90 Å². The van der Waals surface area contributed by atoms with Gasteiger partial charge in [0, 0.05) is 19.6 Å². The second-order valence-electron chi connectivity index (χ2n) is 6.39. The summed E-state index contributed by atoms with van der Waals surface area (Å²) in [5.41, 5.74) is 3.05. The fourth-order valence-corrected chi connectivity index (χ4v) is 3.65. The average Bonchev–Trinajstić information content (AvgIpc) is 3.02. The second kappa shape index (κ2) is 5.43. The minimum Gasteiger partial charge on any atom is -0.316 e. The molecule has 0 aromatic heterocycles. The molecule has 1 saturated carbocycles. The Morgan fingerprint density at radius 2 is 1.63 bits per heavy atom. The third-order valence-electron chi connectivity index (χ3n) is 4.90. The third kappa shape index (κ3) is 2.81. The van der Waals surface area contributed by atoms with Crippen molar-refractivity contribution in [3.05, 3.63) is 35.4 Å². The zero-order valence-corrected chi connectivity index (χ0v) is 12.2. The highest BCUT2D eigenvalue weighted by Crippen LogP contribution is 2.40. The molecule has 1 aromatic carbocycles. The maximum atomic E-state index is 3.51. The lowest BCUT2D eigenvalue weighted by atomic mass is 10.0. The highest BCUT2D eigenvalue weighted by Gasteiger charge is 2.35. The molecule has 2 aliphatic heterocycles. The fourth-order valence-electron chi connectivity index (χ4n) is 3.65. The quantitative estimate of drug-likeness (QED) is 0.914. The molecule has 1 aliphatic carbocycles. The third-order valence-corrected chi connectivity index (χ3v) is 4.90. The first-order valence-electron chi connectivity index (χ1n) is 7.40. The first kappa shape index (κ1) is 13.4. The number of hydrogen-bond donors (Lipinski definition) is 1. The van der Waals surface area contributed by atoms with Crippen LogP contribution in [0.15, 0.2) is 24.3 Å². The van der Waals surface area contributed by atoms with Gasteiger partial charge in [0.2, 0.25) is 0 Å². The van der Waals surface area contributed by atoms with E-state index in [9.17, 15) is 0 Å². The molecule has 2 atom stereocenters. The Hall–Kier alpha value is -0.570. The normalized spacial score (nSPS) is 30.1. The van der Waals surface area contributed by atoms with Gasteiger partial charge in [-0.2, -0.15) is 0 Å². The maximum absolute atomic E-state index is 3.51. The van der Waals surface area contributed by atoms with Crippen molar-refractivity contribution in [2.24, 2.45) is 11.8 Å². The molecule has 2 heterocycles. The van der Waals surface area contributed by atoms with Crippen LogP contribution in [0.25, 0.3) is 0 Å². The predicted molar refractivity (Wildman–Crippen MR) is 80.8 cm³/mol. The number of fused-ring (bicyclic) bond motifs is 1. The molecule has 0 unspecified atom stereocenters. The van der Waals surface area contributed by atoms with E-state index in [2.05, 4.69) is 34.5 Å². The summed E-state index contributed by atoms with van der Waals surface area (Å²) in [5.74, 6) is 2.71. The van der Waals surface area contributed by atoms with Crippen LogP contribution in [-0.4, -0.2) is 31.1 Å². The Labute approximate surface area is 122 Å². The second-order valence-corrected chi connectivity index (χ2v) is 6.39. The maximum Gasteiger partial charge on any atom is 0.0233 e. The van der Waals surface area contributed by atoms with Gasteiger partial charge in [-0.05, 0) is 54.8 Å². The van der Waals surface area contributed by atoms with Gasteiger partial charge in [-0.1, -0.05) is 24.3 Å². The van der Waals surface area contributed by atoms with Crippen molar-refractivity contribution in [3.8, 4) is 0 Å². The molecule has 3 fully saturated rings. The Morgan fingerprint density at radius 3 is 2.21 bits per heavy atom. The van der Waals surface area contributed by atoms with Gasteiger partial charge >= 0.3 is 0 Å². The molecule has 4 rings (SSSR count). The smallest absolute Gasteiger partial charge is 0.0233 e. The number of rotatable bonds is 3. The molecule has 0 spiro atoms. The van der Waals surface area contributed by atoms with Gasteiger partial charge in [0.25, 0.3) is 0 Å². The standard InChI is InChI=1S/C16H22N2.ClH/c1-3-13(14-5-6-14)4-2-12(1)9-18-10-15-7-17-8-16(15)11-18;/h1-4,14-17H,5-11H2;1H/t15-,16+;. The van der Waals surface area contributed by atoms with Gasteiger partial charge in [0.1, 0.15) is 0 Å². The van der Waals surface area contributed by atoms with Crippen molar-refractivity contribution >= 4 is 12.4 Å². The molecule has 1 aromatic rings. The molecule has 2 saturated heterocycles. The van der Waals surface area contributed by atoms with Gasteiger partial charge in [-0.25, -0.2) is 0 Å². The summed E-state index contributed by atoms with van der Waals surface area (Å²) >= 11 is 0. The molecule has 3 aliphatic rings. The molecular formula is C16H23ClN2. The van der Waals surface area contributed by atoms with E-state index in [0.29, 0.717) is 0 Å². The Kier molecular flexibility index (Phi) is 3.84. The van der Waals surface area contributed by atoms with Crippen LogP contribution in [0.5, 0.6) is 0 Å². The van der Waals surface area contributed by atoms with Crippen molar-refractivity contribution in [2.45, 2.75) is 25.3 Å². The molecule has 0 amide bonds. The molecule has 2 nitrogen and oxygen atoms in total. The zero-order valence-electron chi connectivity index (χ0n) is 11.3. The van der Waals surface area contributed by atoms with Crippen LogP contribution in [0.1, 0.15) is 29.9 Å². The summed E-state index contributed by atoms with van der Waals surface area (Å²) in [6.07, 6.45) is 2.81. The largest absolute Gasteiger partial charge is 0.316 e. The van der Waals surface area contributed by atoms with Crippen molar-refractivity contribution < 1.29 is 0 Å². The zero-order chi connectivity index (χ0) is 11.9. The van der Waals surface area contributed by atoms with Crippen molar-refractivity contribution in [1.29, 1.82) is 0 Å². The Balaban J connectivity index is 0.00000110. The number of hydrogen-bond acceptors (Lipinski definition) is 2. The van der Waals surface area contributed by atoms with E-state index in [4.69, 9.17) is 0 Å². The van der Waals surface area contributed by atoms with Gasteiger partial charge < -0.3 is 5.32 Å². The van der Waals surface area contributed by atoms with E-state index in [1.165, 1.54) is 44.6 Å². The highest BCUT2D eigenvalue weighted by molar-refractivity contribution is 5.85. The molecule has 19 heavy (non-hydrogen) atoms. The highest BCUT2D eigenvalue weighted by atomic mass is 35.5. The number of nitrogens with one attached hydrogen (secondary N) is 1. The van der Waals surface area contributed by atoms with E-state index in [1.807, 2.05) is 0 Å². The van der Waals surface area contributed by atoms with Crippen LogP contribution >= 0.6 is 12.4 Å². The van der Waals surface area contributed by atoms with Gasteiger partial charge in [0.15, 0.2) is 0 Å². The molecular weight excluding hydrogens is 256 g/mol. The molecule has 3 heteroatoms. The summed E-state index contributed by atoms with van der Waals surface area (Å²) in [4.78, 5) is 2.64. The summed E-state index contributed by atoms with van der Waals surface area (Å²) in [6, 6.07) is 9.40. The first-order chi connectivity index (χ1) is 8.88. The Morgan fingerprint density at radius 1 is 1.00 bits per heavy atom. The lowest BCUT2D eigenvalue weighted by Crippen LogP contribution is -2.25. The molecule has 0 bridgehead atoms. The van der Waals surface area contributed by atoms with Crippen molar-refractivity contribution in [2.75, 3.05) is 26.2 Å². The van der Waals surface area contributed by atoms with Crippen LogP contribution in [0.3, 0.4) is 0 Å². The van der Waals surface area contributed by atoms with E-state index in [0.717, 1.165) is 24.3 Å². The van der Waals surface area contributed by atoms with Crippen molar-refractivity contribution in [3.63, 3.8) is 0 Å². The summed E-state index contributed by atoms with van der Waals surface area (Å²) < 4.78 is 0. The minimum atomic E-state index is 0. The number of halogens is 1. The van der Waals surface area contributed by atoms with Crippen LogP contribution in [-0.2, 0) is 6.54 Å². The van der Waals surface area contributed by atoms with Crippen LogP contribution in [0, 0.1) is 11.8 Å². The SMILES string of the molecule is Cl.c1cc(C2CC2)ccc1CN1C[C@H]2CNC[C@H]2C1. The summed E-state index contributed by atoms with van der Waals surface area (Å²) in [5, 5.41) is 3.51. The minimum absolute atomic E-state index is 0. The van der Waals surface area contributed by atoms with E-state index in [-0.39, 0.29) is 12.4 Å². The molecule has 1 N–H and O–H groups in total. The number of nitrogens with zero attached hydrogens (tertiary/aromatic N) is 1. The van der Waals surface area contributed by atoms with Crippen LogP contribution in [0.2, 0.25) is 0 Å². The lowest BCUT2D eigenvalue weighted by Gasteiger charge is -2.17. The summed E-state index contributed by atoms with van der Waals surface area (Å²) in [7, 11) is 0. The van der Waals surface area contributed by atoms with E-state index in [1.54, 1.807) is 5.56 Å². The van der Waals surface area contributed by atoms with Crippen molar-refractivity contribution in [1.82, 2.24) is 10.2 Å². The topological polar surface area (TPSA) is 15.3 Å². The monoisotopic (exact) mass is 278 g/mol. The summed E-state index contributed by atoms with van der Waals surface area (Å²) in [6.45, 7) is 6.21. The first-order valence-corrected chi connectivity index (χ1v) is 7.40. The fraction of sp³-hybridized carbons (Fsp3) is 0.625. The van der Waals surface area contributed by atoms with Gasteiger partial charge in [0.05, 0.1) is 0 Å². The van der Waals surface area contributed by atoms with E-state index >= 15 is 0 Å². The Bertz CT molecular complexity index is 415. The van der Waals surface area contributed by atoms with Crippen LogP contribution in [0.4, 0.5) is 0 Å². The van der Waals surface area contributed by atoms with Gasteiger partial charge in [-0.15, -0.1) is 12.4 Å². The number of likely N-dealkylation sites (tertiary alicyclic amines) is 1. The molecule has 0 radical (unpaired) electrons. The predicted octanol–water partition coefficient (Wildman–Crippen LogP) is 2.64. The van der Waals surface area contributed by atoms with Crippen LogP contribution < -0.4 is 5.32 Å². The van der Waals surface area contributed by atoms with E-state index < -0.39 is 0 Å².